The monoisotopic (exact) mass is 515 g/mol. The quantitative estimate of drug-likeness (QED) is 0.366. The predicted octanol–water partition coefficient (Wildman–Crippen LogP) is 5.49. The fraction of sp³-hybridized carbons (Fsp3) is 0.400. The third kappa shape index (κ3) is 4.79. The second-order valence-corrected chi connectivity index (χ2v) is 10.5. The average Bonchev–Trinajstić information content (AvgIpc) is 3.27. The molecule has 0 bridgehead atoms. The van der Waals surface area contributed by atoms with Gasteiger partial charge >= 0.3 is 0 Å². The van der Waals surface area contributed by atoms with Crippen molar-refractivity contribution in [2.24, 2.45) is 0 Å². The maximum Gasteiger partial charge on any atom is 0.161 e. The van der Waals surface area contributed by atoms with Crippen molar-refractivity contribution in [2.45, 2.75) is 58.0 Å². The number of nitrogens with one attached hydrogen (secondary N) is 1. The molecule has 8 heteroatoms. The number of ether oxygens (including phenoxy) is 1. The molecule has 2 N–H and O–H groups in total. The lowest BCUT2D eigenvalue weighted by Gasteiger charge is -2.39. The summed E-state index contributed by atoms with van der Waals surface area (Å²) in [4.78, 5) is 7.42. The summed E-state index contributed by atoms with van der Waals surface area (Å²) in [6.45, 7) is 7.37. The first-order valence-electron chi connectivity index (χ1n) is 13.5. The van der Waals surface area contributed by atoms with Crippen LogP contribution in [0.3, 0.4) is 0 Å². The summed E-state index contributed by atoms with van der Waals surface area (Å²) in [7, 11) is 0. The van der Waals surface area contributed by atoms with Gasteiger partial charge in [-0.3, -0.25) is 4.90 Å². The van der Waals surface area contributed by atoms with Crippen molar-refractivity contribution in [3.8, 4) is 17.0 Å². The van der Waals surface area contributed by atoms with E-state index in [1.807, 2.05) is 23.7 Å². The van der Waals surface area contributed by atoms with Crippen LogP contribution < -0.4 is 5.32 Å². The molecular weight excluding hydrogens is 481 g/mol. The van der Waals surface area contributed by atoms with E-state index < -0.39 is 5.82 Å². The number of aryl methyl sites for hydroxylation is 1. The van der Waals surface area contributed by atoms with Crippen LogP contribution >= 0.6 is 0 Å². The van der Waals surface area contributed by atoms with E-state index in [1.165, 1.54) is 11.6 Å². The Morgan fingerprint density at radius 1 is 1.13 bits per heavy atom. The minimum Gasteiger partial charge on any atom is -0.508 e. The highest BCUT2D eigenvalue weighted by Crippen LogP contribution is 2.34. The Kier molecular flexibility index (Phi) is 6.86. The maximum atomic E-state index is 15.0. The molecular formula is C30H34FN5O2. The summed E-state index contributed by atoms with van der Waals surface area (Å²) in [5, 5.41) is 19.4. The number of nitrogens with zero attached hydrogens (tertiary/aromatic N) is 4. The van der Waals surface area contributed by atoms with E-state index in [0.717, 1.165) is 60.7 Å². The van der Waals surface area contributed by atoms with E-state index in [0.29, 0.717) is 30.5 Å². The Morgan fingerprint density at radius 2 is 1.97 bits per heavy atom. The van der Waals surface area contributed by atoms with Crippen LogP contribution in [0, 0.1) is 12.7 Å². The number of phenolic OH excluding ortho intramolecular Hbond substituents is 1. The van der Waals surface area contributed by atoms with Crippen LogP contribution in [-0.4, -0.2) is 50.5 Å². The lowest BCUT2D eigenvalue weighted by atomic mass is 10.00. The first kappa shape index (κ1) is 25.0. The van der Waals surface area contributed by atoms with Crippen LogP contribution in [0.2, 0.25) is 0 Å². The molecule has 2 saturated heterocycles. The smallest absolute Gasteiger partial charge is 0.161 e. The number of pyridine rings is 1. The van der Waals surface area contributed by atoms with E-state index in [1.54, 1.807) is 6.07 Å². The Bertz CT molecular complexity index is 1430. The van der Waals surface area contributed by atoms with Crippen LogP contribution in [0.4, 0.5) is 4.39 Å². The molecule has 0 saturated carbocycles. The first-order chi connectivity index (χ1) is 18.5. The van der Waals surface area contributed by atoms with Gasteiger partial charge in [0.1, 0.15) is 11.6 Å². The maximum absolute atomic E-state index is 15.0. The third-order valence-electron chi connectivity index (χ3n) is 7.85. The van der Waals surface area contributed by atoms with Crippen molar-refractivity contribution >= 4 is 11.0 Å². The Morgan fingerprint density at radius 3 is 2.74 bits per heavy atom. The summed E-state index contributed by atoms with van der Waals surface area (Å²) in [6.07, 6.45) is 2.81. The van der Waals surface area contributed by atoms with Gasteiger partial charge in [0.15, 0.2) is 11.9 Å². The van der Waals surface area contributed by atoms with Gasteiger partial charge in [0.05, 0.1) is 11.4 Å². The van der Waals surface area contributed by atoms with Gasteiger partial charge in [-0.1, -0.05) is 30.3 Å². The van der Waals surface area contributed by atoms with Crippen molar-refractivity contribution in [3.05, 3.63) is 77.2 Å². The van der Waals surface area contributed by atoms with Crippen LogP contribution in [0.25, 0.3) is 22.3 Å². The molecule has 2 aromatic heterocycles. The highest BCUT2D eigenvalue weighted by molar-refractivity contribution is 5.85. The lowest BCUT2D eigenvalue weighted by Crippen LogP contribution is -2.50. The fourth-order valence-electron chi connectivity index (χ4n) is 5.76. The second-order valence-electron chi connectivity index (χ2n) is 10.5. The highest BCUT2D eigenvalue weighted by atomic mass is 19.1. The van der Waals surface area contributed by atoms with Crippen molar-refractivity contribution in [1.82, 2.24) is 25.0 Å². The van der Waals surface area contributed by atoms with E-state index >= 15 is 4.39 Å². The topological polar surface area (TPSA) is 75.4 Å². The van der Waals surface area contributed by atoms with Gasteiger partial charge in [-0.05, 0) is 62.4 Å². The molecule has 38 heavy (non-hydrogen) atoms. The minimum atomic E-state index is -0.501. The number of benzene rings is 2. The van der Waals surface area contributed by atoms with Crippen molar-refractivity contribution in [1.29, 1.82) is 0 Å². The van der Waals surface area contributed by atoms with Gasteiger partial charge in [-0.2, -0.15) is 5.10 Å². The van der Waals surface area contributed by atoms with Gasteiger partial charge in [-0.15, -0.1) is 0 Å². The van der Waals surface area contributed by atoms with Gasteiger partial charge in [0.2, 0.25) is 0 Å². The number of aromatic hydroxyl groups is 1. The lowest BCUT2D eigenvalue weighted by molar-refractivity contribution is -0.0371. The van der Waals surface area contributed by atoms with E-state index in [-0.39, 0.29) is 18.0 Å². The summed E-state index contributed by atoms with van der Waals surface area (Å²) in [6, 6.07) is 17.3. The average molecular weight is 516 g/mol. The summed E-state index contributed by atoms with van der Waals surface area (Å²) >= 11 is 0. The molecule has 2 aromatic carbocycles. The van der Waals surface area contributed by atoms with Gasteiger partial charge in [-0.25, -0.2) is 14.1 Å². The Labute approximate surface area is 222 Å². The molecule has 198 valence electrons. The van der Waals surface area contributed by atoms with Crippen molar-refractivity contribution < 1.29 is 14.2 Å². The van der Waals surface area contributed by atoms with Crippen molar-refractivity contribution in [3.63, 3.8) is 0 Å². The third-order valence-corrected chi connectivity index (χ3v) is 7.85. The van der Waals surface area contributed by atoms with E-state index in [9.17, 15) is 5.11 Å². The molecule has 2 fully saturated rings. The number of fused-ring (bicyclic) bond motifs is 1. The van der Waals surface area contributed by atoms with E-state index in [4.69, 9.17) is 14.8 Å². The molecule has 3 atom stereocenters. The summed E-state index contributed by atoms with van der Waals surface area (Å²) in [5.41, 5.74) is 4.85. The fourth-order valence-corrected chi connectivity index (χ4v) is 5.76. The number of hydrogen-bond acceptors (Lipinski definition) is 6. The van der Waals surface area contributed by atoms with Crippen LogP contribution in [-0.2, 0) is 11.3 Å². The molecule has 0 aliphatic carbocycles. The number of aromatic nitrogens is 3. The first-order valence-corrected chi connectivity index (χ1v) is 13.5. The van der Waals surface area contributed by atoms with Gasteiger partial charge in [0, 0.05) is 55.3 Å². The molecule has 1 unspecified atom stereocenters. The zero-order valence-electron chi connectivity index (χ0n) is 21.9. The standard InChI is InChI=1S/C30H34FN5O2/c1-19-16-32-27(21-8-4-3-5-9-21)18-35(19)17-22-14-26(24-12-11-23(37)15-25(24)31)33-30-29(22)20(2)34-36(30)28-10-6-7-13-38-28/h3-5,8-9,11-12,14-15,19,27-28,32,37H,6-7,10,13,16-18H2,1-2H3/t19-,27-,28?/m0/s1. The molecule has 7 nitrogen and oxygen atoms in total. The predicted molar refractivity (Wildman–Crippen MR) is 145 cm³/mol. The normalized spacial score (nSPS) is 22.7. The highest BCUT2D eigenvalue weighted by Gasteiger charge is 2.29. The summed E-state index contributed by atoms with van der Waals surface area (Å²) < 4.78 is 23.0. The SMILES string of the molecule is Cc1nn(C2CCCCO2)c2nc(-c3ccc(O)cc3F)cc(CN3C[C@@H](c4ccccc4)NC[C@@H]3C)c12. The molecule has 0 radical (unpaired) electrons. The van der Waals surface area contributed by atoms with Crippen LogP contribution in [0.15, 0.2) is 54.6 Å². The summed E-state index contributed by atoms with van der Waals surface area (Å²) in [5.74, 6) is -0.607. The Balaban J connectivity index is 1.44. The van der Waals surface area contributed by atoms with E-state index in [2.05, 4.69) is 41.4 Å². The number of halogens is 1. The van der Waals surface area contributed by atoms with Gasteiger partial charge in [0.25, 0.3) is 0 Å². The number of piperazine rings is 1. The molecule has 2 aliphatic rings. The molecule has 4 aromatic rings. The minimum absolute atomic E-state index is 0.106. The van der Waals surface area contributed by atoms with Crippen LogP contribution in [0.5, 0.6) is 5.75 Å². The second kappa shape index (κ2) is 10.4. The largest absolute Gasteiger partial charge is 0.508 e. The Hall–Kier alpha value is -3.33. The van der Waals surface area contributed by atoms with Gasteiger partial charge < -0.3 is 15.2 Å². The molecule has 2 aliphatic heterocycles. The number of rotatable bonds is 5. The number of phenols is 1. The zero-order chi connectivity index (χ0) is 26.2. The van der Waals surface area contributed by atoms with Crippen LogP contribution in [0.1, 0.15) is 55.3 Å². The molecule has 4 heterocycles. The number of hydrogen-bond donors (Lipinski definition) is 2. The molecule has 0 spiro atoms. The molecule has 0 amide bonds. The zero-order valence-corrected chi connectivity index (χ0v) is 21.9. The van der Waals surface area contributed by atoms with Crippen molar-refractivity contribution in [2.75, 3.05) is 19.7 Å². The molecule has 6 rings (SSSR count).